The molecule has 0 saturated carbocycles. The molecule has 0 radical (unpaired) electrons. The molecular formula is C36H12F2N6. The highest BCUT2D eigenvalue weighted by atomic mass is 19.1. The van der Waals surface area contributed by atoms with Gasteiger partial charge in [0.25, 0.3) is 11.4 Å². The zero-order chi connectivity index (χ0) is 31.1. The van der Waals surface area contributed by atoms with Crippen molar-refractivity contribution < 1.29 is 8.78 Å². The summed E-state index contributed by atoms with van der Waals surface area (Å²) in [7, 11) is 0. The topological polar surface area (TPSA) is 84.4 Å². The van der Waals surface area contributed by atoms with Crippen molar-refractivity contribution >= 4 is 28.0 Å². The Bertz CT molecular complexity index is 2170. The summed E-state index contributed by atoms with van der Waals surface area (Å²) in [6, 6.07) is 24.0. The first-order chi connectivity index (χ1) is 21.4. The minimum atomic E-state index is -0.617. The largest absolute Gasteiger partial charge is 0.270 e. The molecule has 0 amide bonds. The summed E-state index contributed by atoms with van der Waals surface area (Å²) < 4.78 is 30.0. The van der Waals surface area contributed by atoms with E-state index in [-0.39, 0.29) is 44.9 Å². The van der Waals surface area contributed by atoms with E-state index in [1.54, 1.807) is 36.4 Å². The zero-order valence-electron chi connectivity index (χ0n) is 22.4. The van der Waals surface area contributed by atoms with Crippen LogP contribution >= 0.6 is 0 Å². The summed E-state index contributed by atoms with van der Waals surface area (Å²) in [5.41, 5.74) is 4.67. The molecule has 2 aliphatic carbocycles. The lowest BCUT2D eigenvalue weighted by Crippen LogP contribution is -1.97. The minimum absolute atomic E-state index is 0.142. The molecule has 0 bridgehead atoms. The molecular weight excluding hydrogens is 554 g/mol. The molecule has 6 rings (SSSR count). The number of hydrogen-bond acceptors (Lipinski definition) is 3. The first-order valence-corrected chi connectivity index (χ1v) is 12.8. The van der Waals surface area contributed by atoms with Gasteiger partial charge in [-0.15, -0.1) is 0 Å². The van der Waals surface area contributed by atoms with Gasteiger partial charge >= 0.3 is 0 Å². The van der Waals surface area contributed by atoms with Gasteiger partial charge in [0, 0.05) is 22.3 Å². The molecule has 0 aromatic heterocycles. The second kappa shape index (κ2) is 10.4. The molecule has 2 aliphatic rings. The van der Waals surface area contributed by atoms with Gasteiger partial charge in [0.05, 0.1) is 43.5 Å². The molecule has 8 heteroatoms. The number of fused-ring (bicyclic) bond motifs is 4. The van der Waals surface area contributed by atoms with Crippen LogP contribution < -0.4 is 0 Å². The molecule has 44 heavy (non-hydrogen) atoms. The van der Waals surface area contributed by atoms with Crippen LogP contribution in [0.2, 0.25) is 0 Å². The van der Waals surface area contributed by atoms with Crippen molar-refractivity contribution in [2.24, 2.45) is 0 Å². The van der Waals surface area contributed by atoms with Crippen molar-refractivity contribution in [3.8, 4) is 40.5 Å². The summed E-state index contributed by atoms with van der Waals surface area (Å²) in [6.07, 6.45) is 0. The van der Waals surface area contributed by atoms with Crippen molar-refractivity contribution in [2.45, 2.75) is 0 Å². The number of nitriles is 3. The Kier molecular flexibility index (Phi) is 6.39. The Morgan fingerprint density at radius 3 is 1.45 bits per heavy atom. The Labute approximate surface area is 250 Å². The highest BCUT2D eigenvalue weighted by molar-refractivity contribution is 6.37. The molecule has 4 aromatic rings. The van der Waals surface area contributed by atoms with Gasteiger partial charge < -0.3 is 0 Å². The van der Waals surface area contributed by atoms with Gasteiger partial charge in [0.15, 0.2) is 5.69 Å². The summed E-state index contributed by atoms with van der Waals surface area (Å²) in [5.74, 6) is -1.23. The summed E-state index contributed by atoms with van der Waals surface area (Å²) in [6.45, 7) is 22.7. The van der Waals surface area contributed by atoms with Crippen LogP contribution in [0.15, 0.2) is 84.2 Å². The Hall–Kier alpha value is -7.10. The van der Waals surface area contributed by atoms with Crippen molar-refractivity contribution in [1.29, 1.82) is 15.8 Å². The van der Waals surface area contributed by atoms with Crippen LogP contribution in [-0.2, 0) is 0 Å². The average molecular weight is 567 g/mol. The second-order valence-corrected chi connectivity index (χ2v) is 9.75. The Morgan fingerprint density at radius 2 is 1.05 bits per heavy atom. The molecule has 0 saturated heterocycles. The fourth-order valence-corrected chi connectivity index (χ4v) is 5.72. The molecule has 0 fully saturated rings. The highest BCUT2D eigenvalue weighted by Gasteiger charge is 2.40. The average Bonchev–Trinajstić information content (AvgIpc) is 3.54. The van der Waals surface area contributed by atoms with Gasteiger partial charge in [-0.25, -0.2) is 33.8 Å². The zero-order valence-corrected chi connectivity index (χ0v) is 22.4. The fraction of sp³-hybridized carbons (Fsp3) is 0. The molecule has 0 spiro atoms. The van der Waals surface area contributed by atoms with E-state index in [0.717, 1.165) is 12.1 Å². The van der Waals surface area contributed by atoms with Gasteiger partial charge in [-0.05, 0) is 74.9 Å². The summed E-state index contributed by atoms with van der Waals surface area (Å²) in [4.78, 5) is 10.2. The molecule has 200 valence electrons. The van der Waals surface area contributed by atoms with E-state index in [4.69, 9.17) is 25.0 Å². The van der Waals surface area contributed by atoms with Crippen LogP contribution in [-0.4, -0.2) is 0 Å². The lowest BCUT2D eigenvalue weighted by atomic mass is 9.88. The quantitative estimate of drug-likeness (QED) is 0.179. The van der Waals surface area contributed by atoms with Crippen LogP contribution in [0, 0.1) is 65.3 Å². The summed E-state index contributed by atoms with van der Waals surface area (Å²) in [5, 5.41) is 29.1. The molecule has 0 aliphatic heterocycles. The van der Waals surface area contributed by atoms with E-state index in [0.29, 0.717) is 44.5 Å². The van der Waals surface area contributed by atoms with E-state index < -0.39 is 11.6 Å². The summed E-state index contributed by atoms with van der Waals surface area (Å²) >= 11 is 0. The van der Waals surface area contributed by atoms with Gasteiger partial charge in [-0.3, -0.25) is 0 Å². The number of benzene rings is 4. The molecule has 0 unspecified atom stereocenters. The molecule has 0 N–H and O–H groups in total. The maximum atomic E-state index is 15.0. The SMILES string of the molecule is [C-]#[N+]/C(C#N)=C1C2=C(/C(=C(\C#N)[N+]#[C-])c3cc(-c4ccc([N+]#[C-])cc4F)ccc32)c2ccc(-c3ccc(C#N)cc3F)cc2\1. The number of hydrogen-bond donors (Lipinski definition) is 0. The van der Waals surface area contributed by atoms with Crippen LogP contribution in [0.25, 0.3) is 59.1 Å². The Balaban J connectivity index is 1.63. The standard InChI is InChI=1S/C36H12F2N6/c1-42-22-7-11-24(30(38)15-22)21-6-10-26-28(14-21)34(32(18-41)44-3)35-25-9-5-20(23-8-4-19(16-39)12-29(23)37)13-27(25)33(36(26)35)31(17-40)43-2/h4-15H/b33-31-,34-32+. The predicted octanol–water partition coefficient (Wildman–Crippen LogP) is 8.97. The van der Waals surface area contributed by atoms with Crippen molar-refractivity contribution in [3.05, 3.63) is 158 Å². The number of rotatable bonds is 2. The number of halogens is 2. The van der Waals surface area contributed by atoms with Crippen molar-refractivity contribution in [3.63, 3.8) is 0 Å². The number of allylic oxidation sites excluding steroid dienone is 6. The molecule has 0 heterocycles. The van der Waals surface area contributed by atoms with Crippen molar-refractivity contribution in [2.75, 3.05) is 0 Å². The van der Waals surface area contributed by atoms with Crippen LogP contribution in [0.1, 0.15) is 27.8 Å². The smallest absolute Gasteiger partial charge is 0.238 e. The third-order valence-electron chi connectivity index (χ3n) is 7.58. The van der Waals surface area contributed by atoms with Crippen LogP contribution in [0.5, 0.6) is 0 Å². The lowest BCUT2D eigenvalue weighted by Gasteiger charge is -2.15. The molecule has 0 atom stereocenters. The van der Waals surface area contributed by atoms with E-state index in [1.807, 2.05) is 18.2 Å². The normalized spacial score (nSPS) is 14.5. The van der Waals surface area contributed by atoms with Gasteiger partial charge in [0.2, 0.25) is 0 Å². The first-order valence-electron chi connectivity index (χ1n) is 12.8. The minimum Gasteiger partial charge on any atom is -0.238 e. The maximum Gasteiger partial charge on any atom is 0.270 e. The van der Waals surface area contributed by atoms with Crippen LogP contribution in [0.3, 0.4) is 0 Å². The second-order valence-electron chi connectivity index (χ2n) is 9.75. The third-order valence-corrected chi connectivity index (χ3v) is 7.58. The molecule has 6 nitrogen and oxygen atoms in total. The van der Waals surface area contributed by atoms with E-state index in [9.17, 15) is 10.5 Å². The van der Waals surface area contributed by atoms with E-state index in [2.05, 4.69) is 14.5 Å². The van der Waals surface area contributed by atoms with E-state index in [1.165, 1.54) is 24.3 Å². The van der Waals surface area contributed by atoms with Crippen LogP contribution in [0.4, 0.5) is 14.5 Å². The van der Waals surface area contributed by atoms with E-state index >= 15 is 8.78 Å². The predicted molar refractivity (Wildman–Crippen MR) is 160 cm³/mol. The number of nitrogens with zero attached hydrogens (tertiary/aromatic N) is 6. The highest BCUT2D eigenvalue weighted by Crippen LogP contribution is 2.60. The van der Waals surface area contributed by atoms with Crippen molar-refractivity contribution in [1.82, 2.24) is 0 Å². The first kappa shape index (κ1) is 27.1. The molecule has 4 aromatic carbocycles. The third kappa shape index (κ3) is 3.94. The van der Waals surface area contributed by atoms with Gasteiger partial charge in [-0.1, -0.05) is 42.5 Å². The van der Waals surface area contributed by atoms with Gasteiger partial charge in [-0.2, -0.15) is 5.26 Å². The Morgan fingerprint density at radius 1 is 0.568 bits per heavy atom. The fourth-order valence-electron chi connectivity index (χ4n) is 5.72. The maximum absolute atomic E-state index is 15.0. The lowest BCUT2D eigenvalue weighted by molar-refractivity contribution is 0.630. The monoisotopic (exact) mass is 566 g/mol. The van der Waals surface area contributed by atoms with Gasteiger partial charge in [0.1, 0.15) is 11.6 Å².